The Morgan fingerprint density at radius 2 is 1.86 bits per heavy atom. The number of methoxy groups -OCH3 is 2. The van der Waals surface area contributed by atoms with E-state index in [1.165, 1.54) is 12.1 Å². The van der Waals surface area contributed by atoms with Gasteiger partial charge < -0.3 is 9.47 Å². The molecule has 0 aromatic heterocycles. The Bertz CT molecular complexity index is 605. The lowest BCUT2D eigenvalue weighted by molar-refractivity contribution is 0.354. The van der Waals surface area contributed by atoms with Crippen LogP contribution in [0.1, 0.15) is 17.2 Å². The van der Waals surface area contributed by atoms with E-state index < -0.39 is 0 Å². The van der Waals surface area contributed by atoms with Gasteiger partial charge in [0, 0.05) is 0 Å². The van der Waals surface area contributed by atoms with E-state index in [1.807, 2.05) is 24.3 Å². The Hall–Kier alpha value is -2.11. The number of nitrogens with one attached hydrogen (secondary N) is 1. The van der Waals surface area contributed by atoms with Gasteiger partial charge in [0.2, 0.25) is 0 Å². The molecule has 4 nitrogen and oxygen atoms in total. The summed E-state index contributed by atoms with van der Waals surface area (Å²) >= 11 is 0. The molecule has 21 heavy (non-hydrogen) atoms. The minimum Gasteiger partial charge on any atom is -0.493 e. The van der Waals surface area contributed by atoms with E-state index >= 15 is 0 Å². The summed E-state index contributed by atoms with van der Waals surface area (Å²) in [6.07, 6.45) is 0.611. The number of benzene rings is 2. The lowest BCUT2D eigenvalue weighted by Gasteiger charge is -2.17. The average molecular weight is 290 g/mol. The highest BCUT2D eigenvalue weighted by molar-refractivity contribution is 5.43. The van der Waals surface area contributed by atoms with Gasteiger partial charge in [-0.3, -0.25) is 11.3 Å². The topological polar surface area (TPSA) is 56.5 Å². The van der Waals surface area contributed by atoms with Crippen molar-refractivity contribution in [2.75, 3.05) is 14.2 Å². The maximum absolute atomic E-state index is 13.3. The van der Waals surface area contributed by atoms with E-state index in [0.29, 0.717) is 17.9 Å². The predicted molar refractivity (Wildman–Crippen MR) is 79.7 cm³/mol. The number of hydrogen-bond donors (Lipinski definition) is 2. The van der Waals surface area contributed by atoms with Crippen LogP contribution in [0.2, 0.25) is 0 Å². The molecule has 0 spiro atoms. The van der Waals surface area contributed by atoms with Gasteiger partial charge >= 0.3 is 0 Å². The molecule has 0 aliphatic heterocycles. The molecule has 0 radical (unpaired) electrons. The number of halogens is 1. The van der Waals surface area contributed by atoms with Crippen LogP contribution in [0.3, 0.4) is 0 Å². The van der Waals surface area contributed by atoms with Crippen molar-refractivity contribution in [1.29, 1.82) is 0 Å². The van der Waals surface area contributed by atoms with Gasteiger partial charge in [0.25, 0.3) is 0 Å². The fraction of sp³-hybridized carbons (Fsp3) is 0.250. The Morgan fingerprint density at radius 3 is 2.48 bits per heavy atom. The van der Waals surface area contributed by atoms with Crippen molar-refractivity contribution in [3.8, 4) is 11.5 Å². The van der Waals surface area contributed by atoms with Crippen LogP contribution in [-0.2, 0) is 6.42 Å². The first-order chi connectivity index (χ1) is 10.2. The molecular formula is C16H19FN2O2. The molecule has 1 unspecified atom stereocenters. The van der Waals surface area contributed by atoms with E-state index in [1.54, 1.807) is 20.3 Å². The standard InChI is InChI=1S/C16H19FN2O2/c1-20-15-7-6-11(9-16(15)21-2)8-14(19-18)12-4-3-5-13(17)10-12/h3-7,9-10,14,19H,8,18H2,1-2H3. The van der Waals surface area contributed by atoms with Gasteiger partial charge in [-0.1, -0.05) is 18.2 Å². The summed E-state index contributed by atoms with van der Waals surface area (Å²) in [7, 11) is 3.18. The fourth-order valence-corrected chi connectivity index (χ4v) is 2.24. The van der Waals surface area contributed by atoms with Gasteiger partial charge in [0.15, 0.2) is 11.5 Å². The Morgan fingerprint density at radius 1 is 1.10 bits per heavy atom. The number of ether oxygens (including phenoxy) is 2. The normalized spacial score (nSPS) is 12.0. The molecule has 0 aliphatic carbocycles. The molecule has 0 bridgehead atoms. The van der Waals surface area contributed by atoms with Crippen molar-refractivity contribution in [3.05, 3.63) is 59.4 Å². The molecule has 2 aromatic rings. The zero-order valence-corrected chi connectivity index (χ0v) is 12.1. The Balaban J connectivity index is 2.22. The van der Waals surface area contributed by atoms with Crippen LogP contribution in [0.4, 0.5) is 4.39 Å². The molecule has 0 saturated carbocycles. The Labute approximate surface area is 123 Å². The molecule has 5 heteroatoms. The van der Waals surface area contributed by atoms with Gasteiger partial charge in [-0.2, -0.15) is 0 Å². The molecule has 3 N–H and O–H groups in total. The summed E-state index contributed by atoms with van der Waals surface area (Å²) in [6, 6.07) is 11.9. The first-order valence-electron chi connectivity index (χ1n) is 6.60. The lowest BCUT2D eigenvalue weighted by Crippen LogP contribution is -2.29. The molecule has 0 fully saturated rings. The summed E-state index contributed by atoms with van der Waals surface area (Å²) < 4.78 is 23.8. The maximum atomic E-state index is 13.3. The van der Waals surface area contributed by atoms with Crippen LogP contribution in [0.5, 0.6) is 11.5 Å². The molecule has 0 amide bonds. The second kappa shape index (κ2) is 7.06. The smallest absolute Gasteiger partial charge is 0.160 e. The first kappa shape index (κ1) is 15.3. The minimum atomic E-state index is -0.278. The second-order valence-corrected chi connectivity index (χ2v) is 4.67. The largest absolute Gasteiger partial charge is 0.493 e. The molecule has 112 valence electrons. The van der Waals surface area contributed by atoms with E-state index in [2.05, 4.69) is 5.43 Å². The lowest BCUT2D eigenvalue weighted by atomic mass is 9.99. The highest BCUT2D eigenvalue weighted by Gasteiger charge is 2.13. The van der Waals surface area contributed by atoms with Crippen LogP contribution >= 0.6 is 0 Å². The van der Waals surface area contributed by atoms with Crippen molar-refractivity contribution < 1.29 is 13.9 Å². The monoisotopic (exact) mass is 290 g/mol. The zero-order valence-electron chi connectivity index (χ0n) is 12.1. The predicted octanol–water partition coefficient (Wildman–Crippen LogP) is 2.59. The third kappa shape index (κ3) is 3.71. The average Bonchev–Trinajstić information content (AvgIpc) is 2.52. The fourth-order valence-electron chi connectivity index (χ4n) is 2.24. The van der Waals surface area contributed by atoms with Crippen molar-refractivity contribution in [2.45, 2.75) is 12.5 Å². The number of nitrogens with two attached hydrogens (primary N) is 1. The highest BCUT2D eigenvalue weighted by Crippen LogP contribution is 2.29. The summed E-state index contributed by atoms with van der Waals surface area (Å²) in [6.45, 7) is 0. The summed E-state index contributed by atoms with van der Waals surface area (Å²) in [4.78, 5) is 0. The van der Waals surface area contributed by atoms with E-state index in [-0.39, 0.29) is 11.9 Å². The molecule has 0 heterocycles. The van der Waals surface area contributed by atoms with E-state index in [9.17, 15) is 4.39 Å². The van der Waals surface area contributed by atoms with Gasteiger partial charge in [0.1, 0.15) is 5.82 Å². The van der Waals surface area contributed by atoms with Crippen LogP contribution in [-0.4, -0.2) is 14.2 Å². The number of hydrogen-bond acceptors (Lipinski definition) is 4. The van der Waals surface area contributed by atoms with Crippen molar-refractivity contribution in [3.63, 3.8) is 0 Å². The molecule has 2 rings (SSSR count). The quantitative estimate of drug-likeness (QED) is 0.634. The third-order valence-electron chi connectivity index (χ3n) is 3.34. The number of rotatable bonds is 6. The third-order valence-corrected chi connectivity index (χ3v) is 3.34. The molecule has 1 atom stereocenters. The zero-order chi connectivity index (χ0) is 15.2. The second-order valence-electron chi connectivity index (χ2n) is 4.67. The van der Waals surface area contributed by atoms with Gasteiger partial charge in [-0.15, -0.1) is 0 Å². The van der Waals surface area contributed by atoms with Gasteiger partial charge in [0.05, 0.1) is 20.3 Å². The molecule has 2 aromatic carbocycles. The van der Waals surface area contributed by atoms with Gasteiger partial charge in [-0.05, 0) is 41.8 Å². The first-order valence-corrected chi connectivity index (χ1v) is 6.60. The number of hydrazine groups is 1. The summed E-state index contributed by atoms with van der Waals surface area (Å²) in [5, 5.41) is 0. The van der Waals surface area contributed by atoms with Crippen LogP contribution < -0.4 is 20.7 Å². The Kier molecular flexibility index (Phi) is 5.14. The van der Waals surface area contributed by atoms with Crippen molar-refractivity contribution >= 4 is 0 Å². The van der Waals surface area contributed by atoms with E-state index in [0.717, 1.165) is 11.1 Å². The molecular weight excluding hydrogens is 271 g/mol. The molecule has 0 saturated heterocycles. The SMILES string of the molecule is COc1ccc(CC(NN)c2cccc(F)c2)cc1OC. The van der Waals surface area contributed by atoms with Gasteiger partial charge in [-0.25, -0.2) is 4.39 Å². The van der Waals surface area contributed by atoms with Crippen LogP contribution in [0.15, 0.2) is 42.5 Å². The van der Waals surface area contributed by atoms with Crippen molar-refractivity contribution in [2.24, 2.45) is 5.84 Å². The minimum absolute atomic E-state index is 0.182. The maximum Gasteiger partial charge on any atom is 0.160 e. The van der Waals surface area contributed by atoms with Crippen LogP contribution in [0, 0.1) is 5.82 Å². The summed E-state index contributed by atoms with van der Waals surface area (Å²) in [5.74, 6) is 6.65. The highest BCUT2D eigenvalue weighted by atomic mass is 19.1. The van der Waals surface area contributed by atoms with Crippen LogP contribution in [0.25, 0.3) is 0 Å². The molecule has 0 aliphatic rings. The summed E-state index contributed by atoms with van der Waals surface area (Å²) in [5.41, 5.74) is 4.53. The van der Waals surface area contributed by atoms with E-state index in [4.69, 9.17) is 15.3 Å². The van der Waals surface area contributed by atoms with Crippen molar-refractivity contribution in [1.82, 2.24) is 5.43 Å².